The summed E-state index contributed by atoms with van der Waals surface area (Å²) in [6.07, 6.45) is -0.511. The van der Waals surface area contributed by atoms with Crippen LogP contribution in [-0.2, 0) is 25.5 Å². The molecule has 0 spiro atoms. The second kappa shape index (κ2) is 8.06. The molecule has 0 aromatic heterocycles. The van der Waals surface area contributed by atoms with E-state index in [1.807, 2.05) is 0 Å². The SMILES string of the molecule is COC(=O)CC[C@@H](NC(=O)Cc1ccc(F)cc1F)C(N)=O. The number of carbonyl (C=O) groups excluding carboxylic acids is 3. The third-order valence-corrected chi connectivity index (χ3v) is 2.91. The van der Waals surface area contributed by atoms with E-state index >= 15 is 0 Å². The fourth-order valence-electron chi connectivity index (χ4n) is 1.73. The van der Waals surface area contributed by atoms with Crippen molar-refractivity contribution in [2.45, 2.75) is 25.3 Å². The molecule has 0 bridgehead atoms. The minimum absolute atomic E-state index is 0.0184. The van der Waals surface area contributed by atoms with Gasteiger partial charge in [-0.15, -0.1) is 0 Å². The lowest BCUT2D eigenvalue weighted by Gasteiger charge is -2.15. The number of primary amides is 1. The topological polar surface area (TPSA) is 98.5 Å². The van der Waals surface area contributed by atoms with E-state index in [-0.39, 0.29) is 24.8 Å². The third-order valence-electron chi connectivity index (χ3n) is 2.91. The van der Waals surface area contributed by atoms with Gasteiger partial charge in [0.2, 0.25) is 11.8 Å². The number of halogens is 2. The lowest BCUT2D eigenvalue weighted by molar-refractivity contribution is -0.141. The normalized spacial score (nSPS) is 11.6. The minimum Gasteiger partial charge on any atom is -0.469 e. The predicted molar refractivity (Wildman–Crippen MR) is 72.4 cm³/mol. The monoisotopic (exact) mass is 314 g/mol. The van der Waals surface area contributed by atoms with Gasteiger partial charge in [0.05, 0.1) is 13.5 Å². The van der Waals surface area contributed by atoms with Crippen LogP contribution in [0.25, 0.3) is 0 Å². The summed E-state index contributed by atoms with van der Waals surface area (Å²) in [6.45, 7) is 0. The summed E-state index contributed by atoms with van der Waals surface area (Å²) < 4.78 is 30.6. The Bertz CT molecular complexity index is 578. The fourth-order valence-corrected chi connectivity index (χ4v) is 1.73. The Balaban J connectivity index is 2.63. The minimum atomic E-state index is -1.07. The molecule has 0 radical (unpaired) electrons. The van der Waals surface area contributed by atoms with Gasteiger partial charge >= 0.3 is 5.97 Å². The van der Waals surface area contributed by atoms with Crippen molar-refractivity contribution in [3.8, 4) is 0 Å². The first-order chi connectivity index (χ1) is 10.3. The van der Waals surface area contributed by atoms with Gasteiger partial charge in [-0.2, -0.15) is 0 Å². The molecule has 0 aliphatic rings. The number of hydrogen-bond donors (Lipinski definition) is 2. The number of methoxy groups -OCH3 is 1. The van der Waals surface area contributed by atoms with E-state index < -0.39 is 35.5 Å². The average molecular weight is 314 g/mol. The van der Waals surface area contributed by atoms with Crippen LogP contribution in [0.4, 0.5) is 8.78 Å². The summed E-state index contributed by atoms with van der Waals surface area (Å²) in [5.74, 6) is -3.66. The Morgan fingerprint density at radius 1 is 1.32 bits per heavy atom. The van der Waals surface area contributed by atoms with Crippen molar-refractivity contribution in [1.29, 1.82) is 0 Å². The van der Waals surface area contributed by atoms with Gasteiger partial charge in [0.15, 0.2) is 0 Å². The Kier molecular flexibility index (Phi) is 6.43. The smallest absolute Gasteiger partial charge is 0.305 e. The van der Waals surface area contributed by atoms with Gasteiger partial charge in [-0.1, -0.05) is 6.07 Å². The molecular formula is C14H16F2N2O4. The van der Waals surface area contributed by atoms with Crippen LogP contribution in [0.3, 0.4) is 0 Å². The lowest BCUT2D eigenvalue weighted by atomic mass is 10.1. The molecule has 8 heteroatoms. The second-order valence-electron chi connectivity index (χ2n) is 4.55. The largest absolute Gasteiger partial charge is 0.469 e. The molecule has 0 aliphatic heterocycles. The van der Waals surface area contributed by atoms with E-state index in [2.05, 4.69) is 10.1 Å². The summed E-state index contributed by atoms with van der Waals surface area (Å²) in [7, 11) is 1.19. The molecule has 0 heterocycles. The van der Waals surface area contributed by atoms with Gasteiger partial charge in [0, 0.05) is 12.5 Å². The highest BCUT2D eigenvalue weighted by atomic mass is 19.1. The van der Waals surface area contributed by atoms with Crippen molar-refractivity contribution in [3.05, 3.63) is 35.4 Å². The summed E-state index contributed by atoms with van der Waals surface area (Å²) in [4.78, 5) is 34.0. The van der Waals surface area contributed by atoms with E-state index in [4.69, 9.17) is 5.73 Å². The Morgan fingerprint density at radius 2 is 2.00 bits per heavy atom. The molecule has 0 fully saturated rings. The molecule has 120 valence electrons. The van der Waals surface area contributed by atoms with E-state index in [9.17, 15) is 23.2 Å². The average Bonchev–Trinajstić information content (AvgIpc) is 2.45. The number of rotatable bonds is 7. The maximum Gasteiger partial charge on any atom is 0.305 e. The number of carbonyl (C=O) groups is 3. The highest BCUT2D eigenvalue weighted by Gasteiger charge is 2.20. The van der Waals surface area contributed by atoms with Gasteiger partial charge in [0.1, 0.15) is 17.7 Å². The van der Waals surface area contributed by atoms with E-state index in [0.29, 0.717) is 6.07 Å². The molecule has 3 N–H and O–H groups in total. The molecule has 1 atom stereocenters. The Labute approximate surface area is 125 Å². The number of hydrogen-bond acceptors (Lipinski definition) is 4. The van der Waals surface area contributed by atoms with Crippen LogP contribution in [0.15, 0.2) is 18.2 Å². The van der Waals surface area contributed by atoms with Gasteiger partial charge in [-0.3, -0.25) is 14.4 Å². The first kappa shape index (κ1) is 17.5. The number of esters is 1. The second-order valence-corrected chi connectivity index (χ2v) is 4.55. The fraction of sp³-hybridized carbons (Fsp3) is 0.357. The van der Waals surface area contributed by atoms with Gasteiger partial charge < -0.3 is 15.8 Å². The van der Waals surface area contributed by atoms with E-state index in [1.54, 1.807) is 0 Å². The van der Waals surface area contributed by atoms with Crippen LogP contribution < -0.4 is 11.1 Å². The van der Waals surface area contributed by atoms with Crippen LogP contribution in [0.2, 0.25) is 0 Å². The molecule has 0 saturated carbocycles. The van der Waals surface area contributed by atoms with E-state index in [1.165, 1.54) is 7.11 Å². The lowest BCUT2D eigenvalue weighted by Crippen LogP contribution is -2.45. The van der Waals surface area contributed by atoms with Crippen LogP contribution >= 0.6 is 0 Å². The molecule has 2 amide bonds. The van der Waals surface area contributed by atoms with Gasteiger partial charge in [0.25, 0.3) is 0 Å². The quantitative estimate of drug-likeness (QED) is 0.713. The Hall–Kier alpha value is -2.51. The van der Waals surface area contributed by atoms with Crippen molar-refractivity contribution in [3.63, 3.8) is 0 Å². The predicted octanol–water partition coefficient (Wildman–Crippen LogP) is 0.431. The highest BCUT2D eigenvalue weighted by molar-refractivity contribution is 5.87. The zero-order valence-corrected chi connectivity index (χ0v) is 11.9. The number of ether oxygens (including phenoxy) is 1. The molecule has 1 aromatic carbocycles. The van der Waals surface area contributed by atoms with Crippen LogP contribution in [0.5, 0.6) is 0 Å². The van der Waals surface area contributed by atoms with Crippen LogP contribution in [-0.4, -0.2) is 30.9 Å². The molecule has 22 heavy (non-hydrogen) atoms. The summed E-state index contributed by atoms with van der Waals surface area (Å²) in [5, 5.41) is 2.30. The highest BCUT2D eigenvalue weighted by Crippen LogP contribution is 2.10. The van der Waals surface area contributed by atoms with Crippen LogP contribution in [0, 0.1) is 11.6 Å². The third kappa shape index (κ3) is 5.47. The maximum absolute atomic E-state index is 13.4. The zero-order valence-electron chi connectivity index (χ0n) is 11.9. The maximum atomic E-state index is 13.4. The van der Waals surface area contributed by atoms with Crippen LogP contribution in [0.1, 0.15) is 18.4 Å². The standard InChI is InChI=1S/C14H16F2N2O4/c1-22-13(20)5-4-11(14(17)21)18-12(19)6-8-2-3-9(15)7-10(8)16/h2-3,7,11H,4-6H2,1H3,(H2,17,21)(H,18,19)/t11-/m1/s1. The molecule has 1 rings (SSSR count). The van der Waals surface area contributed by atoms with Crippen molar-refractivity contribution >= 4 is 17.8 Å². The number of benzene rings is 1. The number of nitrogens with two attached hydrogens (primary N) is 1. The van der Waals surface area contributed by atoms with E-state index in [0.717, 1.165) is 12.1 Å². The first-order valence-corrected chi connectivity index (χ1v) is 6.43. The first-order valence-electron chi connectivity index (χ1n) is 6.43. The molecule has 1 aromatic rings. The van der Waals surface area contributed by atoms with Gasteiger partial charge in [-0.05, 0) is 18.1 Å². The molecule has 6 nitrogen and oxygen atoms in total. The number of nitrogens with one attached hydrogen (secondary N) is 1. The molecule has 0 saturated heterocycles. The molecule has 0 unspecified atom stereocenters. The molecular weight excluding hydrogens is 298 g/mol. The summed E-state index contributed by atoms with van der Waals surface area (Å²) in [5.41, 5.74) is 5.11. The Morgan fingerprint density at radius 3 is 2.55 bits per heavy atom. The summed E-state index contributed by atoms with van der Waals surface area (Å²) in [6, 6.07) is 1.74. The van der Waals surface area contributed by atoms with Crippen molar-refractivity contribution < 1.29 is 27.9 Å². The van der Waals surface area contributed by atoms with Crippen molar-refractivity contribution in [2.75, 3.05) is 7.11 Å². The van der Waals surface area contributed by atoms with Crippen molar-refractivity contribution in [2.24, 2.45) is 5.73 Å². The molecule has 0 aliphatic carbocycles. The van der Waals surface area contributed by atoms with Crippen molar-refractivity contribution in [1.82, 2.24) is 5.32 Å². The number of amides is 2. The van der Waals surface area contributed by atoms with Gasteiger partial charge in [-0.25, -0.2) is 8.78 Å². The zero-order chi connectivity index (χ0) is 16.7. The summed E-state index contributed by atoms with van der Waals surface area (Å²) >= 11 is 0.